The summed E-state index contributed by atoms with van der Waals surface area (Å²) in [4.78, 5) is 26.3. The van der Waals surface area contributed by atoms with E-state index < -0.39 is 17.4 Å². The molecule has 1 heterocycles. The van der Waals surface area contributed by atoms with E-state index in [0.717, 1.165) is 12.8 Å². The van der Waals surface area contributed by atoms with Crippen molar-refractivity contribution in [2.24, 2.45) is 5.92 Å². The van der Waals surface area contributed by atoms with E-state index in [4.69, 9.17) is 11.6 Å². The minimum atomic E-state index is -1.16. The molecule has 5 nitrogen and oxygen atoms in total. The zero-order valence-electron chi connectivity index (χ0n) is 10.7. The number of carboxylic acid groups (broad SMARTS) is 1. The Labute approximate surface area is 116 Å². The number of aromatic amines is 1. The maximum atomic E-state index is 12.1. The van der Waals surface area contributed by atoms with Crippen molar-refractivity contribution in [1.82, 2.24) is 10.3 Å². The van der Waals surface area contributed by atoms with Crippen molar-refractivity contribution in [2.45, 2.75) is 38.1 Å². The van der Waals surface area contributed by atoms with Crippen LogP contribution < -0.4 is 5.32 Å². The number of aliphatic carboxylic acids is 1. The lowest BCUT2D eigenvalue weighted by Gasteiger charge is -2.36. The summed E-state index contributed by atoms with van der Waals surface area (Å²) in [5.74, 6) is -1.11. The summed E-state index contributed by atoms with van der Waals surface area (Å²) < 4.78 is 0. The molecule has 1 aromatic heterocycles. The summed E-state index contributed by atoms with van der Waals surface area (Å²) in [5.41, 5.74) is -0.879. The number of H-pyrrole nitrogens is 1. The number of carboxylic acids is 1. The fraction of sp³-hybridized carbons (Fsp3) is 0.538. The largest absolute Gasteiger partial charge is 0.480 e. The predicted molar refractivity (Wildman–Crippen MR) is 71.3 cm³/mol. The van der Waals surface area contributed by atoms with Crippen LogP contribution in [0.1, 0.15) is 43.1 Å². The van der Waals surface area contributed by atoms with Gasteiger partial charge in [-0.05, 0) is 24.8 Å². The minimum absolute atomic E-state index is 0.281. The van der Waals surface area contributed by atoms with Gasteiger partial charge in [0.25, 0.3) is 5.91 Å². The molecule has 0 aromatic carbocycles. The summed E-state index contributed by atoms with van der Waals surface area (Å²) in [6.07, 6.45) is 4.22. The van der Waals surface area contributed by atoms with Crippen LogP contribution in [-0.4, -0.2) is 27.5 Å². The number of carbonyl (C=O) groups excluding carboxylic acids is 1. The van der Waals surface area contributed by atoms with Crippen LogP contribution >= 0.6 is 11.6 Å². The Balaban J connectivity index is 2.17. The van der Waals surface area contributed by atoms with E-state index in [1.54, 1.807) is 0 Å². The van der Waals surface area contributed by atoms with Crippen LogP contribution in [-0.2, 0) is 4.79 Å². The SMILES string of the molecule is CC1CCCC(NC(=O)c2cc(Cl)c[nH]2)(C(=O)O)C1. The highest BCUT2D eigenvalue weighted by molar-refractivity contribution is 6.31. The van der Waals surface area contributed by atoms with Crippen molar-refractivity contribution >= 4 is 23.5 Å². The number of rotatable bonds is 3. The zero-order valence-corrected chi connectivity index (χ0v) is 11.5. The van der Waals surface area contributed by atoms with Crippen LogP contribution in [0.5, 0.6) is 0 Å². The molecule has 1 aliphatic carbocycles. The van der Waals surface area contributed by atoms with E-state index >= 15 is 0 Å². The lowest BCUT2D eigenvalue weighted by molar-refractivity contribution is -0.146. The van der Waals surface area contributed by atoms with E-state index in [-0.39, 0.29) is 11.6 Å². The monoisotopic (exact) mass is 284 g/mol. The first-order valence-corrected chi connectivity index (χ1v) is 6.70. The van der Waals surface area contributed by atoms with Gasteiger partial charge in [-0.1, -0.05) is 31.4 Å². The Bertz CT molecular complexity index is 500. The van der Waals surface area contributed by atoms with E-state index in [1.807, 2.05) is 6.92 Å². The van der Waals surface area contributed by atoms with Gasteiger partial charge in [-0.15, -0.1) is 0 Å². The van der Waals surface area contributed by atoms with E-state index in [9.17, 15) is 14.7 Å². The van der Waals surface area contributed by atoms with Gasteiger partial charge in [-0.25, -0.2) is 4.79 Å². The van der Waals surface area contributed by atoms with Gasteiger partial charge in [-0.2, -0.15) is 0 Å². The van der Waals surface area contributed by atoms with Gasteiger partial charge in [0.2, 0.25) is 0 Å². The molecule has 0 radical (unpaired) electrons. The lowest BCUT2D eigenvalue weighted by Crippen LogP contribution is -2.56. The first-order valence-electron chi connectivity index (χ1n) is 6.33. The fourth-order valence-corrected chi connectivity index (χ4v) is 2.86. The van der Waals surface area contributed by atoms with Crippen LogP contribution in [0.3, 0.4) is 0 Å². The zero-order chi connectivity index (χ0) is 14.0. The Morgan fingerprint density at radius 3 is 2.84 bits per heavy atom. The van der Waals surface area contributed by atoms with Crippen molar-refractivity contribution in [3.63, 3.8) is 0 Å². The quantitative estimate of drug-likeness (QED) is 0.797. The van der Waals surface area contributed by atoms with Crippen LogP contribution in [0.25, 0.3) is 0 Å². The van der Waals surface area contributed by atoms with Gasteiger partial charge in [0.05, 0.1) is 5.02 Å². The third kappa shape index (κ3) is 2.92. The Morgan fingerprint density at radius 1 is 1.58 bits per heavy atom. The molecular formula is C13H17ClN2O3. The summed E-state index contributed by atoms with van der Waals surface area (Å²) >= 11 is 5.74. The van der Waals surface area contributed by atoms with E-state index in [2.05, 4.69) is 10.3 Å². The van der Waals surface area contributed by atoms with Crippen molar-refractivity contribution < 1.29 is 14.7 Å². The number of halogens is 1. The van der Waals surface area contributed by atoms with Crippen molar-refractivity contribution in [1.29, 1.82) is 0 Å². The van der Waals surface area contributed by atoms with Crippen molar-refractivity contribution in [3.8, 4) is 0 Å². The summed E-state index contributed by atoms with van der Waals surface area (Å²) in [5, 5.41) is 12.5. The molecule has 3 N–H and O–H groups in total. The molecule has 6 heteroatoms. The van der Waals surface area contributed by atoms with Gasteiger partial charge in [-0.3, -0.25) is 4.79 Å². The summed E-state index contributed by atoms with van der Waals surface area (Å²) in [6.45, 7) is 2.01. The molecule has 1 fully saturated rings. The maximum Gasteiger partial charge on any atom is 0.329 e. The highest BCUT2D eigenvalue weighted by atomic mass is 35.5. The molecule has 0 saturated heterocycles. The number of hydrogen-bond acceptors (Lipinski definition) is 2. The summed E-state index contributed by atoms with van der Waals surface area (Å²) in [7, 11) is 0. The first kappa shape index (κ1) is 13.9. The molecule has 0 spiro atoms. The van der Waals surface area contributed by atoms with E-state index in [0.29, 0.717) is 17.9 Å². The molecule has 2 unspecified atom stereocenters. The molecule has 19 heavy (non-hydrogen) atoms. The first-order chi connectivity index (χ1) is 8.93. The van der Waals surface area contributed by atoms with Crippen LogP contribution in [0.4, 0.5) is 0 Å². The number of aromatic nitrogens is 1. The topological polar surface area (TPSA) is 82.2 Å². The average molecular weight is 285 g/mol. The van der Waals surface area contributed by atoms with Crippen LogP contribution in [0.2, 0.25) is 5.02 Å². The Kier molecular flexibility index (Phi) is 3.85. The second-order valence-electron chi connectivity index (χ2n) is 5.27. The average Bonchev–Trinajstić information content (AvgIpc) is 2.75. The molecule has 1 amide bonds. The van der Waals surface area contributed by atoms with Gasteiger partial charge in [0, 0.05) is 6.20 Å². The highest BCUT2D eigenvalue weighted by Gasteiger charge is 2.43. The molecule has 1 saturated carbocycles. The Morgan fingerprint density at radius 2 is 2.32 bits per heavy atom. The molecule has 1 aromatic rings. The second-order valence-corrected chi connectivity index (χ2v) is 5.71. The normalized spacial score (nSPS) is 26.9. The molecule has 0 bridgehead atoms. The van der Waals surface area contributed by atoms with Crippen LogP contribution in [0, 0.1) is 5.92 Å². The number of nitrogens with one attached hydrogen (secondary N) is 2. The molecule has 104 valence electrons. The molecule has 2 atom stereocenters. The van der Waals surface area contributed by atoms with E-state index in [1.165, 1.54) is 12.3 Å². The molecule has 0 aliphatic heterocycles. The van der Waals surface area contributed by atoms with Gasteiger partial charge in [0.1, 0.15) is 11.2 Å². The molecule has 1 aliphatic rings. The Hall–Kier alpha value is -1.49. The maximum absolute atomic E-state index is 12.1. The molecular weight excluding hydrogens is 268 g/mol. The number of amides is 1. The summed E-state index contributed by atoms with van der Waals surface area (Å²) in [6, 6.07) is 1.48. The molecule has 2 rings (SSSR count). The smallest absolute Gasteiger partial charge is 0.329 e. The third-order valence-electron chi connectivity index (χ3n) is 3.65. The number of carbonyl (C=O) groups is 2. The lowest BCUT2D eigenvalue weighted by atomic mass is 9.76. The van der Waals surface area contributed by atoms with Gasteiger partial charge >= 0.3 is 5.97 Å². The highest BCUT2D eigenvalue weighted by Crippen LogP contribution is 2.32. The standard InChI is InChI=1S/C13H17ClN2O3/c1-8-3-2-4-13(6-8,12(18)19)16-11(17)10-5-9(14)7-15-10/h5,7-8,15H,2-4,6H2,1H3,(H,16,17)(H,18,19). The fourth-order valence-electron chi connectivity index (χ4n) is 2.70. The van der Waals surface area contributed by atoms with Crippen LogP contribution in [0.15, 0.2) is 12.3 Å². The minimum Gasteiger partial charge on any atom is -0.480 e. The third-order valence-corrected chi connectivity index (χ3v) is 3.87. The van der Waals surface area contributed by atoms with Crippen molar-refractivity contribution in [3.05, 3.63) is 23.0 Å². The van der Waals surface area contributed by atoms with Gasteiger partial charge < -0.3 is 15.4 Å². The van der Waals surface area contributed by atoms with Gasteiger partial charge in [0.15, 0.2) is 0 Å². The predicted octanol–water partition coefficient (Wildman–Crippen LogP) is 2.43. The second kappa shape index (κ2) is 5.25. The van der Waals surface area contributed by atoms with Crippen molar-refractivity contribution in [2.75, 3.05) is 0 Å². The number of hydrogen-bond donors (Lipinski definition) is 3.